The van der Waals surface area contributed by atoms with Gasteiger partial charge in [0.25, 0.3) is 0 Å². The van der Waals surface area contributed by atoms with Gasteiger partial charge < -0.3 is 10.6 Å². The first-order valence-electron chi connectivity index (χ1n) is 12.1. The second kappa shape index (κ2) is 9.91. The number of hydrogen-bond donors (Lipinski definition) is 3. The first kappa shape index (κ1) is 23.1. The molecule has 3 N–H and O–H groups in total. The van der Waals surface area contributed by atoms with Crippen molar-refractivity contribution in [2.24, 2.45) is 5.92 Å². The summed E-state index contributed by atoms with van der Waals surface area (Å²) in [4.78, 5) is 33.3. The number of para-hydroxylation sites is 1. The zero-order valence-corrected chi connectivity index (χ0v) is 19.9. The smallest absolute Gasteiger partial charge is 0.244 e. The zero-order chi connectivity index (χ0) is 24.4. The van der Waals surface area contributed by atoms with E-state index in [-0.39, 0.29) is 30.3 Å². The van der Waals surface area contributed by atoms with E-state index in [9.17, 15) is 9.59 Å². The maximum absolute atomic E-state index is 13.9. The van der Waals surface area contributed by atoms with E-state index in [1.807, 2.05) is 36.5 Å². The van der Waals surface area contributed by atoms with Crippen molar-refractivity contribution in [2.75, 3.05) is 11.4 Å². The highest BCUT2D eigenvalue weighted by Gasteiger charge is 2.43. The third-order valence-electron chi connectivity index (χ3n) is 6.98. The standard InChI is InChI=1S/C25H30N8O2/c1-15(2)18(19-8-3-4-11-26-19)13-27-20-10-9-16-6-5-7-17-12-21(33(23(16)17)25(20)35)24(34)28-14-22-29-31-32-30-22/h3-8,11,15,18,20-21,27H,9-10,12-14H2,1-2H3,(H,28,34)(H,29,30,31,32)/t18-,20+,21+/m1/s1. The van der Waals surface area contributed by atoms with Crippen LogP contribution in [0.1, 0.15) is 48.8 Å². The number of rotatable bonds is 8. The van der Waals surface area contributed by atoms with Crippen molar-refractivity contribution in [2.45, 2.75) is 57.7 Å². The lowest BCUT2D eigenvalue weighted by Crippen LogP contribution is -2.54. The number of carbonyl (C=O) groups excluding carboxylic acids is 2. The number of nitrogens with zero attached hydrogens (tertiary/aromatic N) is 5. The van der Waals surface area contributed by atoms with Crippen LogP contribution >= 0.6 is 0 Å². The highest BCUT2D eigenvalue weighted by molar-refractivity contribution is 6.06. The lowest BCUT2D eigenvalue weighted by molar-refractivity contribution is -0.127. The Morgan fingerprint density at radius 3 is 2.80 bits per heavy atom. The van der Waals surface area contributed by atoms with Gasteiger partial charge in [0, 0.05) is 30.8 Å². The molecule has 0 fully saturated rings. The van der Waals surface area contributed by atoms with Crippen molar-refractivity contribution in [3.63, 3.8) is 0 Å². The number of pyridine rings is 1. The minimum absolute atomic E-state index is 0.0584. The number of anilines is 1. The van der Waals surface area contributed by atoms with Crippen LogP contribution in [-0.2, 0) is 29.0 Å². The normalized spacial score (nSPS) is 20.0. The molecule has 0 bridgehead atoms. The number of amides is 2. The SMILES string of the molecule is CC(C)[C@@H](CN[C@H]1CCc2cccc3c2N(C1=O)[C@H](C(=O)NCc1nn[nH]n1)C3)c1ccccn1. The van der Waals surface area contributed by atoms with Gasteiger partial charge in [0.1, 0.15) is 6.04 Å². The molecule has 2 aliphatic rings. The van der Waals surface area contributed by atoms with E-state index in [2.05, 4.69) is 56.2 Å². The monoisotopic (exact) mass is 474 g/mol. The highest BCUT2D eigenvalue weighted by atomic mass is 16.2. The number of hydrogen-bond acceptors (Lipinski definition) is 7. The second-order valence-corrected chi connectivity index (χ2v) is 9.50. The van der Waals surface area contributed by atoms with Gasteiger partial charge in [-0.15, -0.1) is 10.2 Å². The first-order valence-corrected chi connectivity index (χ1v) is 12.1. The lowest BCUT2D eigenvalue weighted by Gasteiger charge is -2.29. The van der Waals surface area contributed by atoms with Crippen LogP contribution < -0.4 is 15.5 Å². The van der Waals surface area contributed by atoms with Crippen LogP contribution in [0.2, 0.25) is 0 Å². The van der Waals surface area contributed by atoms with E-state index in [4.69, 9.17) is 0 Å². The van der Waals surface area contributed by atoms with Gasteiger partial charge in [0.05, 0.1) is 18.3 Å². The zero-order valence-electron chi connectivity index (χ0n) is 19.9. The molecule has 2 aliphatic heterocycles. The molecule has 2 amide bonds. The third kappa shape index (κ3) is 4.66. The van der Waals surface area contributed by atoms with Crippen molar-refractivity contribution in [3.8, 4) is 0 Å². The molecule has 5 rings (SSSR count). The number of tetrazole rings is 1. The third-order valence-corrected chi connectivity index (χ3v) is 6.98. The molecule has 182 valence electrons. The summed E-state index contributed by atoms with van der Waals surface area (Å²) >= 11 is 0. The van der Waals surface area contributed by atoms with E-state index >= 15 is 0 Å². The summed E-state index contributed by atoms with van der Waals surface area (Å²) < 4.78 is 0. The van der Waals surface area contributed by atoms with E-state index in [1.54, 1.807) is 4.90 Å². The number of benzene rings is 1. The average Bonchev–Trinajstić information content (AvgIpc) is 3.50. The van der Waals surface area contributed by atoms with Crippen molar-refractivity contribution in [1.82, 2.24) is 36.2 Å². The Balaban J connectivity index is 1.35. The van der Waals surface area contributed by atoms with Gasteiger partial charge in [0.15, 0.2) is 5.82 Å². The van der Waals surface area contributed by atoms with Crippen LogP contribution in [0.15, 0.2) is 42.6 Å². The second-order valence-electron chi connectivity index (χ2n) is 9.50. The van der Waals surface area contributed by atoms with Gasteiger partial charge in [0.2, 0.25) is 11.8 Å². The predicted octanol–water partition coefficient (Wildman–Crippen LogP) is 1.51. The van der Waals surface area contributed by atoms with Gasteiger partial charge in [-0.25, -0.2) is 0 Å². The molecular weight excluding hydrogens is 444 g/mol. The minimum Gasteiger partial charge on any atom is -0.347 e. The van der Waals surface area contributed by atoms with Crippen LogP contribution in [0.4, 0.5) is 5.69 Å². The van der Waals surface area contributed by atoms with Gasteiger partial charge in [-0.05, 0) is 42.0 Å². The molecular formula is C25H30N8O2. The average molecular weight is 475 g/mol. The van der Waals surface area contributed by atoms with Gasteiger partial charge in [-0.2, -0.15) is 5.21 Å². The summed E-state index contributed by atoms with van der Waals surface area (Å²) in [5.41, 5.74) is 4.05. The molecule has 35 heavy (non-hydrogen) atoms. The Bertz CT molecular complexity index is 1180. The van der Waals surface area contributed by atoms with Crippen molar-refractivity contribution < 1.29 is 9.59 Å². The molecule has 0 unspecified atom stereocenters. The Morgan fingerprint density at radius 2 is 2.06 bits per heavy atom. The molecule has 0 spiro atoms. The van der Waals surface area contributed by atoms with E-state index < -0.39 is 6.04 Å². The van der Waals surface area contributed by atoms with Gasteiger partial charge >= 0.3 is 0 Å². The van der Waals surface area contributed by atoms with Crippen molar-refractivity contribution in [1.29, 1.82) is 0 Å². The summed E-state index contributed by atoms with van der Waals surface area (Å²) in [7, 11) is 0. The van der Waals surface area contributed by atoms with Crippen LogP contribution in [0, 0.1) is 5.92 Å². The Labute approximate surface area is 203 Å². The first-order chi connectivity index (χ1) is 17.0. The summed E-state index contributed by atoms with van der Waals surface area (Å²) in [5, 5.41) is 20.1. The molecule has 3 aromatic rings. The molecule has 0 saturated heterocycles. The van der Waals surface area contributed by atoms with Gasteiger partial charge in [-0.1, -0.05) is 43.3 Å². The van der Waals surface area contributed by atoms with Crippen LogP contribution in [0.25, 0.3) is 0 Å². The largest absolute Gasteiger partial charge is 0.347 e. The fraction of sp³-hybridized carbons (Fsp3) is 0.440. The summed E-state index contributed by atoms with van der Waals surface area (Å²) in [6.07, 6.45) is 3.75. The number of H-pyrrole nitrogens is 1. The number of aromatic nitrogens is 5. The van der Waals surface area contributed by atoms with Crippen LogP contribution in [0.3, 0.4) is 0 Å². The van der Waals surface area contributed by atoms with Crippen LogP contribution in [0.5, 0.6) is 0 Å². The molecule has 10 heteroatoms. The number of carbonyl (C=O) groups is 2. The summed E-state index contributed by atoms with van der Waals surface area (Å²) in [6.45, 7) is 5.13. The minimum atomic E-state index is -0.607. The molecule has 2 aromatic heterocycles. The fourth-order valence-corrected chi connectivity index (χ4v) is 5.12. The quantitative estimate of drug-likeness (QED) is 0.451. The van der Waals surface area contributed by atoms with Gasteiger partial charge in [-0.3, -0.25) is 19.5 Å². The molecule has 0 aliphatic carbocycles. The highest BCUT2D eigenvalue weighted by Crippen LogP contribution is 2.39. The number of aryl methyl sites for hydroxylation is 1. The molecule has 0 radical (unpaired) electrons. The van der Waals surface area contributed by atoms with E-state index in [0.717, 1.165) is 28.9 Å². The van der Waals surface area contributed by atoms with E-state index in [1.165, 1.54) is 0 Å². The fourth-order valence-electron chi connectivity index (χ4n) is 5.12. The van der Waals surface area contributed by atoms with Crippen LogP contribution in [-0.4, -0.2) is 56.1 Å². The topological polar surface area (TPSA) is 129 Å². The Hall–Kier alpha value is -3.66. The Kier molecular flexibility index (Phi) is 6.54. The van der Waals surface area contributed by atoms with Crippen molar-refractivity contribution >= 4 is 17.5 Å². The number of nitrogens with one attached hydrogen (secondary N) is 3. The molecule has 3 atom stereocenters. The predicted molar refractivity (Wildman–Crippen MR) is 129 cm³/mol. The maximum Gasteiger partial charge on any atom is 0.244 e. The summed E-state index contributed by atoms with van der Waals surface area (Å²) in [5.74, 6) is 0.650. The summed E-state index contributed by atoms with van der Waals surface area (Å²) in [6, 6.07) is 11.0. The maximum atomic E-state index is 13.9. The molecule has 10 nitrogen and oxygen atoms in total. The molecule has 4 heterocycles. The lowest BCUT2D eigenvalue weighted by atomic mass is 9.91. The van der Waals surface area contributed by atoms with E-state index in [0.29, 0.717) is 31.1 Å². The molecule has 1 aromatic carbocycles. The Morgan fingerprint density at radius 1 is 1.20 bits per heavy atom. The molecule has 0 saturated carbocycles. The van der Waals surface area contributed by atoms with Crippen molar-refractivity contribution in [3.05, 3.63) is 65.2 Å². The number of aromatic amines is 1.